The van der Waals surface area contributed by atoms with Gasteiger partial charge in [0.1, 0.15) is 42.6 Å². The molecule has 0 spiro atoms. The van der Waals surface area contributed by atoms with Crippen LogP contribution >= 0.6 is 20.6 Å². The average molecular weight is 2010 g/mol. The van der Waals surface area contributed by atoms with E-state index in [0.29, 0.717) is 24.3 Å². The summed E-state index contributed by atoms with van der Waals surface area (Å²) in [6.07, 6.45) is -46.1. The second-order valence-corrected chi connectivity index (χ2v) is 40.6. The molecule has 0 aliphatic rings. The lowest BCUT2D eigenvalue weighted by Crippen LogP contribution is -2.61. The molecule has 0 unspecified atom stereocenters. The minimum absolute atomic E-state index is 0.185. The summed E-state index contributed by atoms with van der Waals surface area (Å²) in [4.78, 5) is -15.1. The first kappa shape index (κ1) is 98.8. The molecule has 0 N–H and O–H groups in total. The van der Waals surface area contributed by atoms with Crippen molar-refractivity contribution >= 4 is 81.3 Å². The summed E-state index contributed by atoms with van der Waals surface area (Å²) in [6.45, 7) is 0. The molecule has 0 atom stereocenters. The molecule has 0 aromatic heterocycles. The van der Waals surface area contributed by atoms with Gasteiger partial charge in [-0.2, -0.15) is 182 Å². The molecular weight excluding hydrogens is 1970 g/mol. The third kappa shape index (κ3) is 20.5. The Morgan fingerprint density at radius 3 is 0.480 bits per heavy atom. The molecular formula is C71H38F30O18S8. The molecule has 10 rings (SSSR count). The van der Waals surface area contributed by atoms with Gasteiger partial charge in [0.05, 0.1) is 44.5 Å². The van der Waals surface area contributed by atoms with E-state index in [1.165, 1.54) is 0 Å². The van der Waals surface area contributed by atoms with Gasteiger partial charge in [-0.25, -0.2) is 7.26 Å². The Hall–Kier alpha value is -10.4. The van der Waals surface area contributed by atoms with E-state index in [2.05, 4.69) is 0 Å². The van der Waals surface area contributed by atoms with Gasteiger partial charge < -0.3 is 16.7 Å². The van der Waals surface area contributed by atoms with Crippen LogP contribution in [0.3, 0.4) is 0 Å². The minimum atomic E-state index is -8.51. The van der Waals surface area contributed by atoms with Crippen LogP contribution in [0.4, 0.5) is 132 Å². The lowest BCUT2D eigenvalue weighted by atomic mass is 10.1. The van der Waals surface area contributed by atoms with Crippen LogP contribution in [-0.2, 0) is 117 Å². The van der Waals surface area contributed by atoms with Crippen LogP contribution < -0.4 is 16.7 Å². The molecule has 56 heteroatoms. The summed E-state index contributed by atoms with van der Waals surface area (Å²) in [5, 5.41) is -16.0. The van der Waals surface area contributed by atoms with Gasteiger partial charge in [-0.3, -0.25) is 0 Å². The Balaban J connectivity index is 1.13. The first-order valence-corrected chi connectivity index (χ1v) is 44.4. The molecule has 688 valence electrons. The van der Waals surface area contributed by atoms with Gasteiger partial charge >= 0.3 is 127 Å². The van der Waals surface area contributed by atoms with E-state index >= 15 is 26.3 Å². The number of hydrogen-bond donors (Lipinski definition) is 0. The first-order chi connectivity index (χ1) is 57.6. The average Bonchev–Trinajstić information content (AvgIpc) is 0.699. The summed E-state index contributed by atoms with van der Waals surface area (Å²) in [5.74, 6) is -13.7. The summed E-state index contributed by atoms with van der Waals surface area (Å²) < 4.78 is 635. The summed E-state index contributed by atoms with van der Waals surface area (Å²) >= 11 is 0. The monoisotopic (exact) mass is 2000 g/mol. The summed E-state index contributed by atoms with van der Waals surface area (Å²) in [6, 6.07) is 4.88. The van der Waals surface area contributed by atoms with Crippen molar-refractivity contribution in [3.63, 3.8) is 0 Å². The molecule has 127 heavy (non-hydrogen) atoms. The van der Waals surface area contributed by atoms with Gasteiger partial charge in [-0.05, 0) is 215 Å². The highest BCUT2D eigenvalue weighted by molar-refractivity contribution is 8.33. The van der Waals surface area contributed by atoms with Crippen molar-refractivity contribution in [2.75, 3.05) is 0 Å². The van der Waals surface area contributed by atoms with Crippen LogP contribution in [0.15, 0.2) is 279 Å². The molecule has 0 heterocycles. The van der Waals surface area contributed by atoms with E-state index in [4.69, 9.17) is 24.0 Å². The van der Waals surface area contributed by atoms with Crippen molar-refractivity contribution in [1.82, 2.24) is 0 Å². The Morgan fingerprint density at radius 1 is 0.181 bits per heavy atom. The highest BCUT2D eigenvalue weighted by atomic mass is 32.3. The van der Waals surface area contributed by atoms with Crippen LogP contribution in [0.25, 0.3) is 0 Å². The summed E-state index contributed by atoms with van der Waals surface area (Å²) in [5.41, 5.74) is -18.4. The van der Waals surface area contributed by atoms with E-state index in [1.54, 1.807) is 0 Å². The van der Waals surface area contributed by atoms with Crippen molar-refractivity contribution in [2.45, 2.75) is 115 Å². The largest absolute Gasteiger partial charge is 0.440 e. The van der Waals surface area contributed by atoms with Gasteiger partial charge in [-0.1, -0.05) is 36.4 Å². The van der Waals surface area contributed by atoms with E-state index in [1.807, 2.05) is 0 Å². The van der Waals surface area contributed by atoms with Crippen LogP contribution in [0.1, 0.15) is 44.5 Å². The van der Waals surface area contributed by atoms with Crippen molar-refractivity contribution < 1.29 is 206 Å². The van der Waals surface area contributed by atoms with Gasteiger partial charge in [0, 0.05) is 29.4 Å². The zero-order valence-corrected chi connectivity index (χ0v) is 66.9. The molecule has 0 aliphatic carbocycles. The Morgan fingerprint density at radius 2 is 0.331 bits per heavy atom. The molecule has 0 radical (unpaired) electrons. The SMILES string of the molecule is O=S(=O)(Oc1ccc(S(OS(=O)(=O)C(F)(F)C(F)(F)C(F)(F)S(=O)(=O)OS(c2ccccc2)(c2ccc(OS(=O)(=O)c3cc(C(F)(F)F)cc(C(F)(F)F)c3)cc2)c2ccc(OS(=O)(=O)c3cc(C(F)(F)F)cc(C(F)(F)F)c3)cc2)(c2ccccc2)c2ccc(OS(=O)(=O)c3cc(C(F)(F)F)cc(C(F)(F)F)c3)cc2)cc1)c1cc(C(F)(F)F)cc(C(F)(F)F)c1. The van der Waals surface area contributed by atoms with E-state index < -0.39 is 336 Å². The van der Waals surface area contributed by atoms with Crippen molar-refractivity contribution in [3.05, 3.63) is 275 Å². The zero-order valence-electron chi connectivity index (χ0n) is 60.4. The fourth-order valence-corrected chi connectivity index (χ4v) is 25.3. The summed E-state index contributed by atoms with van der Waals surface area (Å²) in [7, 11) is -52.4. The van der Waals surface area contributed by atoms with Crippen LogP contribution in [0, 0.1) is 0 Å². The van der Waals surface area contributed by atoms with Crippen molar-refractivity contribution in [1.29, 1.82) is 0 Å². The van der Waals surface area contributed by atoms with Crippen LogP contribution in [0.2, 0.25) is 0 Å². The van der Waals surface area contributed by atoms with E-state index in [-0.39, 0.29) is 97.1 Å². The molecule has 0 saturated heterocycles. The second-order valence-electron chi connectivity index (χ2n) is 25.4. The van der Waals surface area contributed by atoms with Crippen molar-refractivity contribution in [3.8, 4) is 23.0 Å². The molecule has 0 saturated carbocycles. The van der Waals surface area contributed by atoms with Gasteiger partial charge in [0.15, 0.2) is 0 Å². The maximum Gasteiger partial charge on any atom is 0.440 e. The molecule has 18 nitrogen and oxygen atoms in total. The Kier molecular flexibility index (Phi) is 25.9. The van der Waals surface area contributed by atoms with Crippen molar-refractivity contribution in [2.24, 2.45) is 0 Å². The third-order valence-corrected chi connectivity index (χ3v) is 32.1. The minimum Gasteiger partial charge on any atom is -0.379 e. The molecule has 10 aromatic carbocycles. The standard InChI is InChI=1S/C71H38F30O18S8/c72-61(73,74)39-27-40(62(75,76)77)32-57(31-39)122(102,103)114-47-11-19-53(20-12-47)120(51-7-3-1-4-8-51,54-21-13-48(14-22-54)115-123(104,105)58-33-41(63(78,79)80)28-42(34-58)64(81,82)83)118-126(110,111)70(98,99)69(96,97)71(100,101)127(112,113)119-121(52-9-5-2-6-10-52,55-23-15-49(16-24-55)116-124(106,107)59-35-43(65(84,85)86)29-44(36-59)66(87,88)89)56-25-17-50(18-26-56)117-125(108,109)60-37-45(67(90,91)92)30-46(38-60)68(93,94)95/h1-38H. The molecule has 0 fully saturated rings. The van der Waals surface area contributed by atoms with E-state index in [0.717, 1.165) is 36.4 Å². The fourth-order valence-electron chi connectivity index (χ4n) is 10.8. The fraction of sp³-hybridized carbons (Fsp3) is 0.155. The normalized spacial score (nSPS) is 14.3. The van der Waals surface area contributed by atoms with Crippen LogP contribution in [0.5, 0.6) is 23.0 Å². The maximum absolute atomic E-state index is 17.6. The van der Waals surface area contributed by atoms with Gasteiger partial charge in [-0.15, -0.1) is 0 Å². The predicted octanol–water partition coefficient (Wildman–Crippen LogP) is 22.5. The molecule has 0 amide bonds. The first-order valence-electron chi connectivity index (χ1n) is 32.8. The Labute approximate surface area is 696 Å². The highest BCUT2D eigenvalue weighted by Crippen LogP contribution is 2.74. The number of benzene rings is 10. The zero-order chi connectivity index (χ0) is 95.3. The predicted molar refractivity (Wildman–Crippen MR) is 375 cm³/mol. The van der Waals surface area contributed by atoms with Gasteiger partial charge in [0.2, 0.25) is 0 Å². The second kappa shape index (κ2) is 33.3. The number of rotatable bonds is 26. The lowest BCUT2D eigenvalue weighted by molar-refractivity contribution is -0.246. The van der Waals surface area contributed by atoms with Crippen LogP contribution in [-0.4, -0.2) is 66.9 Å². The Bertz CT molecular complexity index is 5730. The lowest BCUT2D eigenvalue weighted by Gasteiger charge is -2.42. The third-order valence-electron chi connectivity index (χ3n) is 16.7. The molecule has 10 aromatic rings. The molecule has 0 aliphatic heterocycles. The topological polar surface area (TPSA) is 260 Å². The van der Waals surface area contributed by atoms with Gasteiger partial charge in [0.25, 0.3) is 0 Å². The number of alkyl halides is 30. The maximum atomic E-state index is 17.6. The highest BCUT2D eigenvalue weighted by Gasteiger charge is 2.84. The molecule has 0 bridgehead atoms. The van der Waals surface area contributed by atoms with E-state index in [9.17, 15) is 156 Å². The number of halogens is 30. The smallest absolute Gasteiger partial charge is 0.379 e. The quantitative estimate of drug-likeness (QED) is 0.0360. The number of hydrogen-bond acceptors (Lipinski definition) is 18.